The maximum atomic E-state index is 14.2. The molecule has 0 radical (unpaired) electrons. The zero-order valence-corrected chi connectivity index (χ0v) is 19.2. The number of halogens is 1. The van der Waals surface area contributed by atoms with Crippen LogP contribution in [0.5, 0.6) is 0 Å². The number of carbonyl (C=O) groups is 3. The number of hydroxylamine groups is 1. The molecule has 182 valence electrons. The van der Waals surface area contributed by atoms with Gasteiger partial charge in [-0.2, -0.15) is 5.10 Å². The molecule has 2 amide bonds. The Labute approximate surface area is 205 Å². The maximum Gasteiger partial charge on any atom is 0.313 e. The Hall–Kier alpha value is -4.70. The smallest absolute Gasteiger partial charge is 0.313 e. The number of ketones is 1. The summed E-state index contributed by atoms with van der Waals surface area (Å²) in [6.45, 7) is 0. The van der Waals surface area contributed by atoms with Crippen molar-refractivity contribution in [2.24, 2.45) is 0 Å². The first-order chi connectivity index (χ1) is 17.5. The Bertz CT molecular complexity index is 1390. The molecular weight excluding hydrogens is 465 g/mol. The van der Waals surface area contributed by atoms with E-state index in [1.807, 2.05) is 11.5 Å². The van der Waals surface area contributed by atoms with Gasteiger partial charge < -0.3 is 5.32 Å². The van der Waals surface area contributed by atoms with Gasteiger partial charge in [-0.15, -0.1) is 0 Å². The van der Waals surface area contributed by atoms with E-state index in [0.717, 1.165) is 5.56 Å². The van der Waals surface area contributed by atoms with Gasteiger partial charge in [-0.1, -0.05) is 42.5 Å². The van der Waals surface area contributed by atoms with Gasteiger partial charge in [0, 0.05) is 24.4 Å². The Morgan fingerprint density at radius 1 is 1.00 bits per heavy atom. The van der Waals surface area contributed by atoms with Gasteiger partial charge >= 0.3 is 5.91 Å². The van der Waals surface area contributed by atoms with Gasteiger partial charge in [0.15, 0.2) is 5.82 Å². The molecule has 2 aromatic heterocycles. The van der Waals surface area contributed by atoms with Crippen molar-refractivity contribution >= 4 is 17.6 Å². The van der Waals surface area contributed by atoms with Crippen LogP contribution in [0.4, 0.5) is 4.39 Å². The van der Waals surface area contributed by atoms with Gasteiger partial charge in [-0.25, -0.2) is 19.5 Å². The van der Waals surface area contributed by atoms with E-state index in [9.17, 15) is 18.8 Å². The highest BCUT2D eigenvalue weighted by atomic mass is 19.1. The fourth-order valence-electron chi connectivity index (χ4n) is 3.61. The summed E-state index contributed by atoms with van der Waals surface area (Å²) < 4.78 is 15.6. The summed E-state index contributed by atoms with van der Waals surface area (Å²) in [6.07, 6.45) is 3.12. The summed E-state index contributed by atoms with van der Waals surface area (Å²) in [6, 6.07) is 18.7. The zero-order valence-electron chi connectivity index (χ0n) is 19.2. The predicted octanol–water partition coefficient (Wildman–Crippen LogP) is 2.66. The molecule has 4 rings (SSSR count). The second kappa shape index (κ2) is 11.2. The van der Waals surface area contributed by atoms with Gasteiger partial charge in [0.25, 0.3) is 5.91 Å². The highest BCUT2D eigenvalue weighted by molar-refractivity contribution is 6.38. The molecule has 9 nitrogen and oxygen atoms in total. The average Bonchev–Trinajstić information content (AvgIpc) is 3.39. The highest BCUT2D eigenvalue weighted by Gasteiger charge is 2.29. The molecule has 0 bridgehead atoms. The molecule has 4 aromatic rings. The lowest BCUT2D eigenvalue weighted by Crippen LogP contribution is -2.48. The minimum absolute atomic E-state index is 0.0807. The number of aromatic nitrogens is 3. The van der Waals surface area contributed by atoms with Crippen molar-refractivity contribution in [2.45, 2.75) is 12.5 Å². The molecule has 0 saturated carbocycles. The molecule has 0 aliphatic carbocycles. The molecule has 10 heteroatoms. The summed E-state index contributed by atoms with van der Waals surface area (Å²) in [5.41, 5.74) is 3.50. The second-order valence-corrected chi connectivity index (χ2v) is 7.72. The van der Waals surface area contributed by atoms with Gasteiger partial charge in [0.1, 0.15) is 11.9 Å². The van der Waals surface area contributed by atoms with Crippen molar-refractivity contribution in [3.8, 4) is 17.1 Å². The quantitative estimate of drug-likeness (QED) is 0.277. The summed E-state index contributed by atoms with van der Waals surface area (Å²) in [5, 5.41) is 7.01. The van der Waals surface area contributed by atoms with E-state index in [1.165, 1.54) is 30.1 Å². The molecule has 0 aliphatic rings. The normalized spacial score (nSPS) is 11.5. The number of hydrogen-bond donors (Lipinski definition) is 2. The van der Waals surface area contributed by atoms with Gasteiger partial charge in [0.2, 0.25) is 5.78 Å². The largest absolute Gasteiger partial charge is 0.341 e. The van der Waals surface area contributed by atoms with Crippen LogP contribution in [0.15, 0.2) is 85.2 Å². The van der Waals surface area contributed by atoms with Crippen molar-refractivity contribution in [3.63, 3.8) is 0 Å². The molecule has 2 heterocycles. The summed E-state index contributed by atoms with van der Waals surface area (Å²) in [5.74, 6) is -2.77. The number of pyridine rings is 1. The SMILES string of the molecule is CONC(=O)C(=O)[C@H](Cc1ccccc1)NC(=O)c1cccnc1-n1ccc(-c2ccccc2F)n1. The molecule has 2 aromatic carbocycles. The molecule has 0 unspecified atom stereocenters. The van der Waals surface area contributed by atoms with E-state index in [-0.39, 0.29) is 17.8 Å². The third-order valence-corrected chi connectivity index (χ3v) is 5.31. The number of nitrogens with one attached hydrogen (secondary N) is 2. The van der Waals surface area contributed by atoms with E-state index >= 15 is 0 Å². The fourth-order valence-corrected chi connectivity index (χ4v) is 3.61. The van der Waals surface area contributed by atoms with Crippen LogP contribution in [0, 0.1) is 5.82 Å². The molecule has 36 heavy (non-hydrogen) atoms. The van der Waals surface area contributed by atoms with Crippen molar-refractivity contribution in [2.75, 3.05) is 7.11 Å². The molecule has 0 saturated heterocycles. The lowest BCUT2D eigenvalue weighted by atomic mass is 10.0. The zero-order chi connectivity index (χ0) is 25.5. The minimum atomic E-state index is -1.17. The van der Waals surface area contributed by atoms with Crippen LogP contribution >= 0.6 is 0 Å². The van der Waals surface area contributed by atoms with Crippen LogP contribution in [0.2, 0.25) is 0 Å². The standard InChI is InChI=1S/C26H22FN5O4/c1-36-31-26(35)23(33)22(16-17-8-3-2-4-9-17)29-25(34)19-11-7-14-28-24(19)32-15-13-21(30-32)18-10-5-6-12-20(18)27/h2-15,22H,16H2,1H3,(H,29,34)(H,31,35)/t22-/m0/s1. The number of nitrogens with zero attached hydrogens (tertiary/aromatic N) is 3. The molecule has 0 spiro atoms. The van der Waals surface area contributed by atoms with Crippen LogP contribution in [-0.2, 0) is 20.8 Å². The van der Waals surface area contributed by atoms with Crippen LogP contribution in [-0.4, -0.2) is 45.5 Å². The second-order valence-electron chi connectivity index (χ2n) is 7.72. The van der Waals surface area contributed by atoms with Crippen LogP contribution in [0.25, 0.3) is 17.1 Å². The number of Topliss-reactive ketones (excluding diaryl/α,β-unsaturated/α-hetero) is 1. The van der Waals surface area contributed by atoms with Gasteiger partial charge in [-0.05, 0) is 35.9 Å². The fraction of sp³-hybridized carbons (Fsp3) is 0.115. The van der Waals surface area contributed by atoms with Crippen molar-refractivity contribution in [3.05, 3.63) is 102 Å². The van der Waals surface area contributed by atoms with Crippen molar-refractivity contribution < 1.29 is 23.6 Å². The van der Waals surface area contributed by atoms with Gasteiger partial charge in [0.05, 0.1) is 18.4 Å². The van der Waals surface area contributed by atoms with E-state index < -0.39 is 29.5 Å². The first-order valence-electron chi connectivity index (χ1n) is 11.0. The van der Waals surface area contributed by atoms with E-state index in [4.69, 9.17) is 0 Å². The lowest BCUT2D eigenvalue weighted by Gasteiger charge is -2.18. The van der Waals surface area contributed by atoms with E-state index in [2.05, 4.69) is 20.2 Å². The number of amides is 2. The molecular formula is C26H22FN5O4. The maximum absolute atomic E-state index is 14.2. The number of carbonyl (C=O) groups excluding carboxylic acids is 3. The van der Waals surface area contributed by atoms with Gasteiger partial charge in [-0.3, -0.25) is 19.2 Å². The molecule has 1 atom stereocenters. The molecule has 0 fully saturated rings. The first-order valence-corrected chi connectivity index (χ1v) is 11.0. The molecule has 0 aliphatic heterocycles. The Balaban J connectivity index is 1.62. The predicted molar refractivity (Wildman–Crippen MR) is 128 cm³/mol. The van der Waals surface area contributed by atoms with E-state index in [1.54, 1.807) is 60.8 Å². The Morgan fingerprint density at radius 3 is 2.50 bits per heavy atom. The van der Waals surface area contributed by atoms with Crippen molar-refractivity contribution in [1.82, 2.24) is 25.6 Å². The Kier molecular flexibility index (Phi) is 7.57. The first kappa shape index (κ1) is 24.4. The third kappa shape index (κ3) is 5.50. The van der Waals surface area contributed by atoms with Crippen LogP contribution in [0.3, 0.4) is 0 Å². The number of benzene rings is 2. The monoisotopic (exact) mass is 487 g/mol. The number of rotatable bonds is 9. The molecule has 2 N–H and O–H groups in total. The van der Waals surface area contributed by atoms with Crippen molar-refractivity contribution in [1.29, 1.82) is 0 Å². The third-order valence-electron chi connectivity index (χ3n) is 5.31. The topological polar surface area (TPSA) is 115 Å². The van der Waals surface area contributed by atoms with Crippen LogP contribution in [0.1, 0.15) is 15.9 Å². The lowest BCUT2D eigenvalue weighted by molar-refractivity contribution is -0.145. The van der Waals surface area contributed by atoms with Crippen LogP contribution < -0.4 is 10.8 Å². The highest BCUT2D eigenvalue weighted by Crippen LogP contribution is 2.22. The van der Waals surface area contributed by atoms with E-state index in [0.29, 0.717) is 11.3 Å². The minimum Gasteiger partial charge on any atom is -0.341 e. The summed E-state index contributed by atoms with van der Waals surface area (Å²) in [4.78, 5) is 47.0. The average molecular weight is 487 g/mol. The summed E-state index contributed by atoms with van der Waals surface area (Å²) in [7, 11) is 1.21. The summed E-state index contributed by atoms with van der Waals surface area (Å²) >= 11 is 0. The number of hydrogen-bond acceptors (Lipinski definition) is 6. The Morgan fingerprint density at radius 2 is 1.75 bits per heavy atom.